The number of benzene rings is 10. The highest BCUT2D eigenvalue weighted by Gasteiger charge is 2.31. The molecular weight excluding hydrogens is 601 g/mol. The van der Waals surface area contributed by atoms with Gasteiger partial charge in [-0.15, -0.1) is 0 Å². The zero-order valence-corrected chi connectivity index (χ0v) is 29.7. The third kappa shape index (κ3) is 3.94. The Balaban J connectivity index is 1.51. The largest absolute Gasteiger partial charge is 0.0616 e. The van der Waals surface area contributed by atoms with Crippen LogP contribution in [0.1, 0.15) is 52.7 Å². The van der Waals surface area contributed by atoms with Gasteiger partial charge >= 0.3 is 0 Å². The Kier molecular flexibility index (Phi) is 5.92. The highest BCUT2D eigenvalue weighted by atomic mass is 14.3. The summed E-state index contributed by atoms with van der Waals surface area (Å²) in [5.74, 6) is 0. The quantitative estimate of drug-likeness (QED) is 0.130. The van der Waals surface area contributed by atoms with Gasteiger partial charge in [-0.2, -0.15) is 0 Å². The van der Waals surface area contributed by atoms with Crippen LogP contribution in [0.2, 0.25) is 0 Å². The second-order valence-corrected chi connectivity index (χ2v) is 16.5. The van der Waals surface area contributed by atoms with Crippen molar-refractivity contribution < 1.29 is 0 Å². The minimum atomic E-state index is -0.0925. The predicted molar refractivity (Wildman–Crippen MR) is 220 cm³/mol. The maximum Gasteiger partial charge on any atom is -0.00105 e. The molecule has 0 aliphatic rings. The summed E-state index contributed by atoms with van der Waals surface area (Å²) < 4.78 is 0. The fourth-order valence-electron chi connectivity index (χ4n) is 9.55. The van der Waals surface area contributed by atoms with Crippen molar-refractivity contribution in [1.82, 2.24) is 0 Å². The summed E-state index contributed by atoms with van der Waals surface area (Å²) in [5, 5.41) is 19.0. The Morgan fingerprint density at radius 3 is 1.04 bits per heavy atom. The highest BCUT2D eigenvalue weighted by molar-refractivity contribution is 6.41. The molecule has 10 aromatic rings. The number of fused-ring (bicyclic) bond motifs is 2. The Morgan fingerprint density at radius 2 is 0.620 bits per heavy atom. The second-order valence-electron chi connectivity index (χ2n) is 16.5. The Morgan fingerprint density at radius 1 is 0.280 bits per heavy atom. The van der Waals surface area contributed by atoms with Gasteiger partial charge in [0.05, 0.1) is 0 Å². The molecule has 0 N–H and O–H groups in total. The van der Waals surface area contributed by atoms with Crippen molar-refractivity contribution in [3.8, 4) is 22.3 Å². The summed E-state index contributed by atoms with van der Waals surface area (Å²) in [5.41, 5.74) is 7.92. The molecule has 0 aliphatic carbocycles. The van der Waals surface area contributed by atoms with E-state index in [9.17, 15) is 0 Å². The number of hydrogen-bond donors (Lipinski definition) is 0. The Labute approximate surface area is 293 Å². The Hall–Kier alpha value is -5.46. The lowest BCUT2D eigenvalue weighted by atomic mass is 9.71. The Bertz CT molecular complexity index is 2760. The maximum atomic E-state index is 2.55. The fourth-order valence-corrected chi connectivity index (χ4v) is 9.55. The predicted octanol–water partition coefficient (Wildman–Crippen LogP) is 14.6. The van der Waals surface area contributed by atoms with E-state index in [4.69, 9.17) is 0 Å². The minimum Gasteiger partial charge on any atom is -0.0616 e. The van der Waals surface area contributed by atoms with E-state index in [0.29, 0.717) is 0 Å². The molecule has 0 saturated heterocycles. The molecule has 10 rings (SSSR count). The van der Waals surface area contributed by atoms with Gasteiger partial charge in [-0.3, -0.25) is 0 Å². The molecule has 0 saturated carbocycles. The average molecular weight is 641 g/mol. The molecule has 240 valence electrons. The summed E-state index contributed by atoms with van der Waals surface area (Å²) >= 11 is 0. The van der Waals surface area contributed by atoms with E-state index in [1.807, 2.05) is 0 Å². The van der Waals surface area contributed by atoms with Crippen LogP contribution in [0.5, 0.6) is 0 Å². The third-order valence-electron chi connectivity index (χ3n) is 11.3. The van der Waals surface area contributed by atoms with Gasteiger partial charge in [0.2, 0.25) is 0 Å². The van der Waals surface area contributed by atoms with Crippen molar-refractivity contribution in [1.29, 1.82) is 0 Å². The van der Waals surface area contributed by atoms with E-state index in [-0.39, 0.29) is 10.8 Å². The van der Waals surface area contributed by atoms with Crippen LogP contribution in [0, 0.1) is 0 Å². The first-order valence-corrected chi connectivity index (χ1v) is 18.0. The van der Waals surface area contributed by atoms with Gasteiger partial charge in [0.15, 0.2) is 0 Å². The van der Waals surface area contributed by atoms with Crippen molar-refractivity contribution in [3.63, 3.8) is 0 Å². The normalized spacial score (nSPS) is 13.0. The van der Waals surface area contributed by atoms with Crippen molar-refractivity contribution >= 4 is 75.4 Å². The fraction of sp³-hybridized carbons (Fsp3) is 0.160. The van der Waals surface area contributed by atoms with E-state index in [1.54, 1.807) is 0 Å². The molecule has 0 heteroatoms. The molecule has 0 atom stereocenters. The van der Waals surface area contributed by atoms with Crippen molar-refractivity contribution in [2.75, 3.05) is 0 Å². The van der Waals surface area contributed by atoms with Gasteiger partial charge < -0.3 is 0 Å². The number of hydrogen-bond acceptors (Lipinski definition) is 0. The van der Waals surface area contributed by atoms with Crippen LogP contribution in [-0.4, -0.2) is 0 Å². The lowest BCUT2D eigenvalue weighted by Crippen LogP contribution is -2.16. The van der Waals surface area contributed by atoms with Crippen LogP contribution in [0.3, 0.4) is 0 Å². The van der Waals surface area contributed by atoms with Crippen LogP contribution in [0.25, 0.3) is 97.7 Å². The van der Waals surface area contributed by atoms with Crippen LogP contribution in [0.4, 0.5) is 0 Å². The van der Waals surface area contributed by atoms with Crippen molar-refractivity contribution in [2.24, 2.45) is 0 Å². The standard InChI is InChI=1S/C50H40/c1-49(2,3)47-37-25-13-23-35-40(34-22-12-18-30-16-8-10-20-32(30)34)28-42-46(43(35)37)45-41(47)27-39(33-21-11-17-29-15-7-9-19-31(29)33)36-24-14-26-38(44(36)45)48(42)50(4,5)6/h7-28H,1-6H3. The molecule has 0 unspecified atom stereocenters. The molecular formula is C50H40. The molecule has 0 aromatic heterocycles. The molecule has 0 radical (unpaired) electrons. The molecule has 0 heterocycles. The SMILES string of the molecule is CC(C)(C)c1c2cccc3c(-c4cccc5ccccc45)cc4c(C(C)(C)C)c5cccc6c(-c7cccc8ccccc78)cc1c(c65)c4c32. The summed E-state index contributed by atoms with van der Waals surface area (Å²) in [6.07, 6.45) is 0. The highest BCUT2D eigenvalue weighted by Crippen LogP contribution is 2.55. The van der Waals surface area contributed by atoms with E-state index >= 15 is 0 Å². The maximum absolute atomic E-state index is 2.55. The molecule has 0 nitrogen and oxygen atoms in total. The summed E-state index contributed by atoms with van der Waals surface area (Å²) in [6, 6.07) is 50.5. The first kappa shape index (κ1) is 29.5. The summed E-state index contributed by atoms with van der Waals surface area (Å²) in [7, 11) is 0. The van der Waals surface area contributed by atoms with Gasteiger partial charge in [0.1, 0.15) is 0 Å². The van der Waals surface area contributed by atoms with E-state index in [0.717, 1.165) is 0 Å². The van der Waals surface area contributed by atoms with Crippen molar-refractivity contribution in [2.45, 2.75) is 52.4 Å². The molecule has 0 fully saturated rings. The topological polar surface area (TPSA) is 0 Å². The zero-order chi connectivity index (χ0) is 34.1. The monoisotopic (exact) mass is 640 g/mol. The average Bonchev–Trinajstić information content (AvgIpc) is 3.10. The lowest BCUT2D eigenvalue weighted by molar-refractivity contribution is 0.600. The van der Waals surface area contributed by atoms with Gasteiger partial charge in [0, 0.05) is 0 Å². The van der Waals surface area contributed by atoms with Gasteiger partial charge in [0.25, 0.3) is 0 Å². The number of rotatable bonds is 2. The van der Waals surface area contributed by atoms with Gasteiger partial charge in [-0.25, -0.2) is 0 Å². The van der Waals surface area contributed by atoms with Crippen LogP contribution in [0.15, 0.2) is 133 Å². The smallest absolute Gasteiger partial charge is 0.00105 e. The van der Waals surface area contributed by atoms with E-state index in [2.05, 4.69) is 175 Å². The van der Waals surface area contributed by atoms with Crippen LogP contribution in [-0.2, 0) is 10.8 Å². The zero-order valence-electron chi connectivity index (χ0n) is 29.7. The minimum absolute atomic E-state index is 0.0925. The molecule has 0 aliphatic heterocycles. The third-order valence-corrected chi connectivity index (χ3v) is 11.3. The molecule has 0 spiro atoms. The lowest BCUT2D eigenvalue weighted by Gasteiger charge is -2.32. The van der Waals surface area contributed by atoms with Gasteiger partial charge in [-0.1, -0.05) is 163 Å². The molecule has 0 amide bonds. The van der Waals surface area contributed by atoms with Gasteiger partial charge in [-0.05, 0) is 132 Å². The van der Waals surface area contributed by atoms with Crippen LogP contribution >= 0.6 is 0 Å². The summed E-state index contributed by atoms with van der Waals surface area (Å²) in [4.78, 5) is 0. The molecule has 10 aromatic carbocycles. The summed E-state index contributed by atoms with van der Waals surface area (Å²) in [6.45, 7) is 14.4. The van der Waals surface area contributed by atoms with E-state index < -0.39 is 0 Å². The van der Waals surface area contributed by atoms with Crippen molar-refractivity contribution in [3.05, 3.63) is 145 Å². The first-order valence-electron chi connectivity index (χ1n) is 18.0. The van der Waals surface area contributed by atoms with Crippen LogP contribution < -0.4 is 0 Å². The van der Waals surface area contributed by atoms with E-state index in [1.165, 1.54) is 109 Å². The molecule has 0 bridgehead atoms. The second kappa shape index (κ2) is 10.1. The molecule has 50 heavy (non-hydrogen) atoms. The first-order chi connectivity index (χ1) is 24.1.